The molecule has 4 heteroatoms. The number of rotatable bonds is 4. The molecule has 2 N–H and O–H groups in total. The molecule has 0 unspecified atom stereocenters. The van der Waals surface area contributed by atoms with Crippen molar-refractivity contribution >= 4 is 22.9 Å². The number of fused-ring (bicyclic) bond motifs is 1. The van der Waals surface area contributed by atoms with Crippen LogP contribution in [0.3, 0.4) is 0 Å². The molecule has 1 aromatic heterocycles. The Bertz CT molecular complexity index is 862. The molecule has 0 saturated heterocycles. The molecule has 0 aliphatic rings. The molecule has 0 amide bonds. The largest absolute Gasteiger partial charge is 0.497 e. The van der Waals surface area contributed by atoms with Crippen LogP contribution in [0.4, 0.5) is 0 Å². The Morgan fingerprint density at radius 1 is 1.18 bits per heavy atom. The summed E-state index contributed by atoms with van der Waals surface area (Å²) in [6.45, 7) is 0. The van der Waals surface area contributed by atoms with Gasteiger partial charge in [0.2, 0.25) is 0 Å². The van der Waals surface area contributed by atoms with Gasteiger partial charge in [-0.3, -0.25) is 0 Å². The highest BCUT2D eigenvalue weighted by molar-refractivity contribution is 5.90. The number of carboxylic acids is 1. The summed E-state index contributed by atoms with van der Waals surface area (Å²) in [6.07, 6.45) is 2.72. The van der Waals surface area contributed by atoms with Crippen molar-refractivity contribution in [2.45, 2.75) is 0 Å². The number of aromatic nitrogens is 1. The quantitative estimate of drug-likeness (QED) is 0.716. The van der Waals surface area contributed by atoms with E-state index >= 15 is 0 Å². The van der Waals surface area contributed by atoms with Crippen LogP contribution < -0.4 is 4.74 Å². The maximum atomic E-state index is 10.6. The van der Waals surface area contributed by atoms with Gasteiger partial charge in [0.25, 0.3) is 0 Å². The van der Waals surface area contributed by atoms with Crippen molar-refractivity contribution in [1.82, 2.24) is 4.98 Å². The SMILES string of the molecule is COc1cccc(-c2cc3cc(/C=C/C(=O)O)ccc3[nH]2)c1. The van der Waals surface area contributed by atoms with E-state index in [1.807, 2.05) is 48.5 Å². The first-order valence-corrected chi connectivity index (χ1v) is 6.84. The van der Waals surface area contributed by atoms with Crippen molar-refractivity contribution < 1.29 is 14.6 Å². The standard InChI is InChI=1S/C18H15NO3/c1-22-15-4-2-3-13(10-15)17-11-14-9-12(6-8-18(20)21)5-7-16(14)19-17/h2-11,19H,1H3,(H,20,21)/b8-6+. The van der Waals surface area contributed by atoms with Gasteiger partial charge in [-0.1, -0.05) is 18.2 Å². The van der Waals surface area contributed by atoms with Crippen LogP contribution in [0.5, 0.6) is 5.75 Å². The summed E-state index contributed by atoms with van der Waals surface area (Å²) in [5, 5.41) is 9.72. The minimum atomic E-state index is -0.953. The smallest absolute Gasteiger partial charge is 0.328 e. The van der Waals surface area contributed by atoms with Crippen LogP contribution in [0.1, 0.15) is 5.56 Å². The molecule has 110 valence electrons. The van der Waals surface area contributed by atoms with Crippen molar-refractivity contribution in [3.63, 3.8) is 0 Å². The summed E-state index contributed by atoms with van der Waals surface area (Å²) in [7, 11) is 1.64. The maximum Gasteiger partial charge on any atom is 0.328 e. The average Bonchev–Trinajstić information content (AvgIpc) is 2.96. The number of aromatic amines is 1. The van der Waals surface area contributed by atoms with Gasteiger partial charge in [0.1, 0.15) is 5.75 Å². The zero-order valence-corrected chi connectivity index (χ0v) is 12.0. The lowest BCUT2D eigenvalue weighted by molar-refractivity contribution is -0.131. The van der Waals surface area contributed by atoms with Crippen molar-refractivity contribution in [1.29, 1.82) is 0 Å². The van der Waals surface area contributed by atoms with Crippen LogP contribution >= 0.6 is 0 Å². The minimum absolute atomic E-state index is 0.807. The summed E-state index contributed by atoms with van der Waals surface area (Å²) in [6, 6.07) is 15.7. The number of benzene rings is 2. The van der Waals surface area contributed by atoms with E-state index in [-0.39, 0.29) is 0 Å². The van der Waals surface area contributed by atoms with Gasteiger partial charge in [0.05, 0.1) is 7.11 Å². The molecule has 0 fully saturated rings. The summed E-state index contributed by atoms with van der Waals surface area (Å²) in [5.74, 6) is -0.146. The van der Waals surface area contributed by atoms with E-state index in [0.717, 1.165) is 39.5 Å². The van der Waals surface area contributed by atoms with Gasteiger partial charge in [-0.2, -0.15) is 0 Å². The number of carbonyl (C=O) groups is 1. The van der Waals surface area contributed by atoms with E-state index in [0.29, 0.717) is 0 Å². The normalized spacial score (nSPS) is 11.1. The van der Waals surface area contributed by atoms with Crippen LogP contribution in [-0.2, 0) is 4.79 Å². The summed E-state index contributed by atoms with van der Waals surface area (Å²) in [4.78, 5) is 13.9. The molecule has 0 radical (unpaired) electrons. The number of H-pyrrole nitrogens is 1. The molecule has 3 rings (SSSR count). The molecule has 2 aromatic carbocycles. The average molecular weight is 293 g/mol. The lowest BCUT2D eigenvalue weighted by Gasteiger charge is -2.02. The number of carboxylic acid groups (broad SMARTS) is 1. The fourth-order valence-electron chi connectivity index (χ4n) is 2.37. The first-order chi connectivity index (χ1) is 10.7. The first-order valence-electron chi connectivity index (χ1n) is 6.84. The lowest BCUT2D eigenvalue weighted by Crippen LogP contribution is -1.85. The number of aliphatic carboxylic acids is 1. The molecule has 0 saturated carbocycles. The molecule has 4 nitrogen and oxygen atoms in total. The zero-order chi connectivity index (χ0) is 15.5. The predicted molar refractivity (Wildman–Crippen MR) is 87.0 cm³/mol. The first kappa shape index (κ1) is 13.9. The van der Waals surface area contributed by atoms with Gasteiger partial charge >= 0.3 is 5.97 Å². The van der Waals surface area contributed by atoms with E-state index < -0.39 is 5.97 Å². The van der Waals surface area contributed by atoms with E-state index in [4.69, 9.17) is 9.84 Å². The van der Waals surface area contributed by atoms with Crippen LogP contribution in [0.25, 0.3) is 28.2 Å². The third-order valence-corrected chi connectivity index (χ3v) is 3.44. The highest BCUT2D eigenvalue weighted by Crippen LogP contribution is 2.27. The van der Waals surface area contributed by atoms with Crippen LogP contribution in [-0.4, -0.2) is 23.2 Å². The minimum Gasteiger partial charge on any atom is -0.497 e. The fourth-order valence-corrected chi connectivity index (χ4v) is 2.37. The van der Waals surface area contributed by atoms with Crippen molar-refractivity contribution in [2.75, 3.05) is 7.11 Å². The Labute approximate surface area is 127 Å². The maximum absolute atomic E-state index is 10.6. The van der Waals surface area contributed by atoms with Gasteiger partial charge in [0.15, 0.2) is 0 Å². The number of ether oxygens (including phenoxy) is 1. The number of nitrogens with one attached hydrogen (secondary N) is 1. The molecule has 0 aliphatic carbocycles. The second-order valence-corrected chi connectivity index (χ2v) is 4.93. The third-order valence-electron chi connectivity index (χ3n) is 3.44. The van der Waals surface area contributed by atoms with Gasteiger partial charge < -0.3 is 14.8 Å². The topological polar surface area (TPSA) is 62.3 Å². The second-order valence-electron chi connectivity index (χ2n) is 4.93. The molecule has 22 heavy (non-hydrogen) atoms. The second kappa shape index (κ2) is 5.77. The fraction of sp³-hybridized carbons (Fsp3) is 0.0556. The molecule has 0 bridgehead atoms. The highest BCUT2D eigenvalue weighted by Gasteiger charge is 2.05. The van der Waals surface area contributed by atoms with E-state index in [1.54, 1.807) is 13.2 Å². The lowest BCUT2D eigenvalue weighted by atomic mass is 10.1. The van der Waals surface area contributed by atoms with Crippen molar-refractivity contribution in [3.05, 3.63) is 60.2 Å². The van der Waals surface area contributed by atoms with Crippen molar-refractivity contribution in [2.24, 2.45) is 0 Å². The van der Waals surface area contributed by atoms with Gasteiger partial charge in [0, 0.05) is 28.2 Å². The Morgan fingerprint density at radius 2 is 2.05 bits per heavy atom. The van der Waals surface area contributed by atoms with Crippen LogP contribution in [0, 0.1) is 0 Å². The van der Waals surface area contributed by atoms with Crippen LogP contribution in [0.2, 0.25) is 0 Å². The van der Waals surface area contributed by atoms with E-state index in [1.165, 1.54) is 0 Å². The van der Waals surface area contributed by atoms with Crippen molar-refractivity contribution in [3.8, 4) is 17.0 Å². The Morgan fingerprint density at radius 3 is 2.82 bits per heavy atom. The molecule has 3 aromatic rings. The molecule has 0 aliphatic heterocycles. The molecule has 0 atom stereocenters. The van der Waals surface area contributed by atoms with Crippen LogP contribution in [0.15, 0.2) is 54.6 Å². The predicted octanol–water partition coefficient (Wildman–Crippen LogP) is 3.94. The molecular weight excluding hydrogens is 278 g/mol. The van der Waals surface area contributed by atoms with Gasteiger partial charge in [-0.05, 0) is 42.0 Å². The van der Waals surface area contributed by atoms with Gasteiger partial charge in [-0.25, -0.2) is 4.79 Å². The number of hydrogen-bond donors (Lipinski definition) is 2. The van der Waals surface area contributed by atoms with E-state index in [9.17, 15) is 4.79 Å². The summed E-state index contributed by atoms with van der Waals surface area (Å²) >= 11 is 0. The Balaban J connectivity index is 2.00. The Kier molecular flexibility index (Phi) is 3.66. The highest BCUT2D eigenvalue weighted by atomic mass is 16.5. The number of methoxy groups -OCH3 is 1. The third kappa shape index (κ3) is 2.86. The molecular formula is C18H15NO3. The molecule has 1 heterocycles. The summed E-state index contributed by atoms with van der Waals surface area (Å²) in [5.41, 5.74) is 3.89. The van der Waals surface area contributed by atoms with Gasteiger partial charge in [-0.15, -0.1) is 0 Å². The Hall–Kier alpha value is -3.01. The zero-order valence-electron chi connectivity index (χ0n) is 12.0. The van der Waals surface area contributed by atoms with E-state index in [2.05, 4.69) is 4.98 Å². The number of hydrogen-bond acceptors (Lipinski definition) is 2. The molecule has 0 spiro atoms. The summed E-state index contributed by atoms with van der Waals surface area (Å²) < 4.78 is 5.25. The monoisotopic (exact) mass is 293 g/mol.